The molecule has 1 unspecified atom stereocenters. The van der Waals surface area contributed by atoms with E-state index in [0.717, 1.165) is 0 Å². The Hall–Kier alpha value is -0.740. The van der Waals surface area contributed by atoms with Crippen LogP contribution in [-0.2, 0) is 0 Å². The fourth-order valence-corrected chi connectivity index (χ4v) is 1.25. The number of rotatable bonds is 2. The van der Waals surface area contributed by atoms with E-state index < -0.39 is 6.10 Å². The highest BCUT2D eigenvalue weighted by molar-refractivity contribution is 9.09. The lowest BCUT2D eigenvalue weighted by atomic mass is 10.1. The Morgan fingerprint density at radius 3 is 2.50 bits per heavy atom. The maximum atomic E-state index is 9.31. The summed E-state index contributed by atoms with van der Waals surface area (Å²) in [5.41, 5.74) is 0.407. The second-order valence-corrected chi connectivity index (χ2v) is 3.06. The number of aliphatic hydroxyl groups is 1. The molecule has 0 radical (unpaired) electrons. The van der Waals surface area contributed by atoms with Crippen LogP contribution in [0, 0.1) is 0 Å². The number of alkyl halides is 1. The van der Waals surface area contributed by atoms with Crippen LogP contribution in [0.1, 0.15) is 11.7 Å². The normalized spacial score (nSPS) is 12.8. The second-order valence-electron chi connectivity index (χ2n) is 2.41. The van der Waals surface area contributed by atoms with Crippen LogP contribution in [0.25, 0.3) is 0 Å². The molecule has 3 nitrogen and oxygen atoms in total. The Kier molecular flexibility index (Phi) is 2.94. The third-order valence-electron chi connectivity index (χ3n) is 1.52. The maximum absolute atomic E-state index is 9.31. The third-order valence-corrected chi connectivity index (χ3v) is 2.13. The van der Waals surface area contributed by atoms with Crippen molar-refractivity contribution >= 4 is 15.9 Å². The first-order valence-electron chi connectivity index (χ1n) is 3.41. The summed E-state index contributed by atoms with van der Waals surface area (Å²) in [6.45, 7) is 0. The number of hydrogen-bond donors (Lipinski definition) is 3. The van der Waals surface area contributed by atoms with Gasteiger partial charge in [-0.25, -0.2) is 0 Å². The predicted octanol–water partition coefficient (Wildman–Crippen LogP) is 1.53. The van der Waals surface area contributed by atoms with Crippen molar-refractivity contribution in [2.75, 3.05) is 5.33 Å². The predicted molar refractivity (Wildman–Crippen MR) is 48.5 cm³/mol. The van der Waals surface area contributed by atoms with Gasteiger partial charge in [-0.1, -0.05) is 15.9 Å². The summed E-state index contributed by atoms with van der Waals surface area (Å²) in [5.74, 6) is -0.111. The van der Waals surface area contributed by atoms with Gasteiger partial charge in [-0.15, -0.1) is 0 Å². The first-order valence-corrected chi connectivity index (χ1v) is 4.53. The number of phenolic OH excluding ortho intramolecular Hbond substituents is 2. The van der Waals surface area contributed by atoms with Crippen LogP contribution in [0.15, 0.2) is 18.2 Å². The molecule has 12 heavy (non-hydrogen) atoms. The van der Waals surface area contributed by atoms with Crippen molar-refractivity contribution in [1.29, 1.82) is 0 Å². The van der Waals surface area contributed by atoms with Gasteiger partial charge in [-0.3, -0.25) is 0 Å². The lowest BCUT2D eigenvalue weighted by molar-refractivity contribution is 0.201. The van der Waals surface area contributed by atoms with E-state index in [1.54, 1.807) is 0 Å². The van der Waals surface area contributed by atoms with Crippen molar-refractivity contribution in [2.45, 2.75) is 6.10 Å². The van der Waals surface area contributed by atoms with Crippen molar-refractivity contribution in [3.05, 3.63) is 23.8 Å². The highest BCUT2D eigenvalue weighted by Gasteiger charge is 2.10. The van der Waals surface area contributed by atoms with E-state index in [9.17, 15) is 10.2 Å². The van der Waals surface area contributed by atoms with E-state index >= 15 is 0 Å². The lowest BCUT2D eigenvalue weighted by Gasteiger charge is -2.08. The number of aromatic hydroxyl groups is 2. The molecule has 1 aromatic rings. The highest BCUT2D eigenvalue weighted by Crippen LogP contribution is 2.28. The summed E-state index contributed by atoms with van der Waals surface area (Å²) in [6.07, 6.45) is -0.745. The van der Waals surface area contributed by atoms with Crippen molar-refractivity contribution in [3.8, 4) is 11.5 Å². The minimum atomic E-state index is -0.745. The molecular weight excluding hydrogens is 224 g/mol. The number of aliphatic hydroxyl groups excluding tert-OH is 1. The average Bonchev–Trinajstić information content (AvgIpc) is 2.03. The summed E-state index contributed by atoms with van der Waals surface area (Å²) >= 11 is 3.08. The second kappa shape index (κ2) is 3.78. The number of benzene rings is 1. The molecule has 0 spiro atoms. The molecule has 1 aromatic carbocycles. The van der Waals surface area contributed by atoms with Crippen LogP contribution in [-0.4, -0.2) is 20.6 Å². The molecule has 0 bridgehead atoms. The van der Waals surface area contributed by atoms with Crippen molar-refractivity contribution in [3.63, 3.8) is 0 Å². The molecule has 0 fully saturated rings. The molecule has 1 rings (SSSR count). The van der Waals surface area contributed by atoms with Gasteiger partial charge in [0.2, 0.25) is 0 Å². The molecule has 0 aromatic heterocycles. The summed E-state index contributed by atoms with van der Waals surface area (Å²) in [7, 11) is 0. The van der Waals surface area contributed by atoms with Gasteiger partial charge in [0.15, 0.2) is 0 Å². The van der Waals surface area contributed by atoms with Crippen molar-refractivity contribution in [1.82, 2.24) is 0 Å². The first kappa shape index (κ1) is 9.35. The molecular formula is C8H9BrO3. The van der Waals surface area contributed by atoms with Gasteiger partial charge < -0.3 is 15.3 Å². The monoisotopic (exact) mass is 232 g/mol. The molecule has 0 amide bonds. The van der Waals surface area contributed by atoms with Crippen LogP contribution in [0.4, 0.5) is 0 Å². The van der Waals surface area contributed by atoms with E-state index in [2.05, 4.69) is 15.9 Å². The number of halogens is 1. The molecule has 66 valence electrons. The average molecular weight is 233 g/mol. The van der Waals surface area contributed by atoms with Gasteiger partial charge in [-0.05, 0) is 12.1 Å². The summed E-state index contributed by atoms with van der Waals surface area (Å²) < 4.78 is 0. The van der Waals surface area contributed by atoms with Gasteiger partial charge in [0.1, 0.15) is 11.5 Å². The lowest BCUT2D eigenvalue weighted by Crippen LogP contribution is -1.97. The van der Waals surface area contributed by atoms with Gasteiger partial charge in [0.25, 0.3) is 0 Å². The topological polar surface area (TPSA) is 60.7 Å². The zero-order valence-electron chi connectivity index (χ0n) is 6.24. The molecule has 4 heteroatoms. The third kappa shape index (κ3) is 1.89. The largest absolute Gasteiger partial charge is 0.508 e. The van der Waals surface area contributed by atoms with E-state index in [1.807, 2.05) is 0 Å². The Morgan fingerprint density at radius 2 is 2.00 bits per heavy atom. The fourth-order valence-electron chi connectivity index (χ4n) is 0.897. The van der Waals surface area contributed by atoms with Gasteiger partial charge in [-0.2, -0.15) is 0 Å². The SMILES string of the molecule is Oc1ccc(C(O)CBr)c(O)c1. The van der Waals surface area contributed by atoms with Crippen LogP contribution in [0.2, 0.25) is 0 Å². The van der Waals surface area contributed by atoms with Crippen molar-refractivity contribution in [2.24, 2.45) is 0 Å². The minimum Gasteiger partial charge on any atom is -0.508 e. The number of hydrogen-bond acceptors (Lipinski definition) is 3. The summed E-state index contributed by atoms with van der Waals surface area (Å²) in [4.78, 5) is 0. The van der Waals surface area contributed by atoms with E-state index in [0.29, 0.717) is 10.9 Å². The first-order chi connectivity index (χ1) is 5.65. The maximum Gasteiger partial charge on any atom is 0.125 e. The Labute approximate surface area is 78.4 Å². The fraction of sp³-hybridized carbons (Fsp3) is 0.250. The Balaban J connectivity index is 3.01. The van der Waals surface area contributed by atoms with Gasteiger partial charge in [0.05, 0.1) is 6.10 Å². The molecule has 0 aliphatic heterocycles. The summed E-state index contributed by atoms with van der Waals surface area (Å²) in [5, 5.41) is 27.9. The molecule has 0 saturated heterocycles. The van der Waals surface area contributed by atoms with Crippen LogP contribution < -0.4 is 0 Å². The molecule has 0 aliphatic carbocycles. The Bertz CT molecular complexity index is 275. The molecule has 0 saturated carbocycles. The van der Waals surface area contributed by atoms with E-state index in [-0.39, 0.29) is 11.5 Å². The van der Waals surface area contributed by atoms with E-state index in [4.69, 9.17) is 5.11 Å². The van der Waals surface area contributed by atoms with Crippen molar-refractivity contribution < 1.29 is 15.3 Å². The van der Waals surface area contributed by atoms with Gasteiger partial charge in [0, 0.05) is 17.0 Å². The van der Waals surface area contributed by atoms with Crippen LogP contribution >= 0.6 is 15.9 Å². The molecule has 3 N–H and O–H groups in total. The Morgan fingerprint density at radius 1 is 1.33 bits per heavy atom. The molecule has 1 atom stereocenters. The van der Waals surface area contributed by atoms with Crippen LogP contribution in [0.5, 0.6) is 11.5 Å². The van der Waals surface area contributed by atoms with E-state index in [1.165, 1.54) is 18.2 Å². The smallest absolute Gasteiger partial charge is 0.125 e. The zero-order chi connectivity index (χ0) is 9.14. The number of phenols is 2. The quantitative estimate of drug-likeness (QED) is 0.678. The van der Waals surface area contributed by atoms with Crippen LogP contribution in [0.3, 0.4) is 0 Å². The standard InChI is InChI=1S/C8H9BrO3/c9-4-8(12)6-2-1-5(10)3-7(6)11/h1-3,8,10-12H,4H2. The molecule has 0 aliphatic rings. The molecule has 0 heterocycles. The highest BCUT2D eigenvalue weighted by atomic mass is 79.9. The minimum absolute atomic E-state index is 0.0157. The zero-order valence-corrected chi connectivity index (χ0v) is 7.82. The summed E-state index contributed by atoms with van der Waals surface area (Å²) in [6, 6.07) is 4.10. The van der Waals surface area contributed by atoms with Gasteiger partial charge >= 0.3 is 0 Å².